The van der Waals surface area contributed by atoms with E-state index in [1.807, 2.05) is 6.92 Å². The predicted octanol–water partition coefficient (Wildman–Crippen LogP) is 1.65. The molecule has 96 valence electrons. The molecule has 1 aromatic carbocycles. The molecule has 0 aliphatic rings. The Morgan fingerprint density at radius 3 is 2.56 bits per heavy atom. The summed E-state index contributed by atoms with van der Waals surface area (Å²) in [7, 11) is -3.40. The van der Waals surface area contributed by atoms with Gasteiger partial charge in [-0.05, 0) is 30.7 Å². The number of aromatic nitrogens is 2. The first kappa shape index (κ1) is 12.6. The Morgan fingerprint density at radius 2 is 1.94 bits per heavy atom. The summed E-state index contributed by atoms with van der Waals surface area (Å²) in [6.07, 6.45) is 2.25. The molecule has 0 atom stereocenters. The van der Waals surface area contributed by atoms with Crippen molar-refractivity contribution < 1.29 is 13.5 Å². The molecule has 0 radical (unpaired) electrons. The monoisotopic (exact) mass is 266 g/mol. The molecule has 0 saturated carbocycles. The summed E-state index contributed by atoms with van der Waals surface area (Å²) in [5, 5.41) is 15.8. The van der Waals surface area contributed by atoms with Gasteiger partial charge in [-0.1, -0.05) is 6.92 Å². The summed E-state index contributed by atoms with van der Waals surface area (Å²) in [6, 6.07) is 5.53. The van der Waals surface area contributed by atoms with Crippen molar-refractivity contribution in [3.8, 4) is 5.75 Å². The predicted molar refractivity (Wildman–Crippen MR) is 67.0 cm³/mol. The van der Waals surface area contributed by atoms with Gasteiger partial charge < -0.3 is 5.11 Å². The number of hydrogen-bond donors (Lipinski definition) is 2. The molecular weight excluding hydrogens is 252 g/mol. The summed E-state index contributed by atoms with van der Waals surface area (Å²) in [6.45, 7) is 1.93. The van der Waals surface area contributed by atoms with Crippen LogP contribution >= 0.6 is 0 Å². The van der Waals surface area contributed by atoms with E-state index in [1.54, 1.807) is 0 Å². The first-order valence-electron chi connectivity index (χ1n) is 5.56. The normalized spacial score (nSPS) is 11.6. The number of aromatic amines is 1. The second-order valence-electron chi connectivity index (χ2n) is 3.98. The van der Waals surface area contributed by atoms with Crippen molar-refractivity contribution in [2.45, 2.75) is 24.0 Å². The number of aryl methyl sites for hydroxylation is 1. The van der Waals surface area contributed by atoms with Gasteiger partial charge in [0.25, 0.3) is 0 Å². The molecule has 2 rings (SSSR count). The van der Waals surface area contributed by atoms with Gasteiger partial charge in [-0.15, -0.1) is 0 Å². The molecule has 2 aromatic rings. The van der Waals surface area contributed by atoms with Crippen LogP contribution in [0.2, 0.25) is 0 Å². The van der Waals surface area contributed by atoms with Gasteiger partial charge >= 0.3 is 0 Å². The van der Waals surface area contributed by atoms with Crippen molar-refractivity contribution in [3.05, 3.63) is 41.7 Å². The summed E-state index contributed by atoms with van der Waals surface area (Å²) in [4.78, 5) is 0.198. The Bertz CT molecular complexity index is 630. The zero-order valence-corrected chi connectivity index (χ0v) is 10.7. The van der Waals surface area contributed by atoms with Crippen LogP contribution in [0.25, 0.3) is 0 Å². The minimum atomic E-state index is -3.40. The molecule has 0 aliphatic heterocycles. The van der Waals surface area contributed by atoms with Crippen LogP contribution in [0.4, 0.5) is 0 Å². The highest BCUT2D eigenvalue weighted by Crippen LogP contribution is 2.20. The summed E-state index contributed by atoms with van der Waals surface area (Å²) in [5.41, 5.74) is 1.52. The number of aromatic hydroxyl groups is 1. The highest BCUT2D eigenvalue weighted by Gasteiger charge is 2.17. The summed E-state index contributed by atoms with van der Waals surface area (Å²) in [5.74, 6) is -0.0382. The molecule has 0 bridgehead atoms. The number of H-pyrrole nitrogens is 1. The number of sulfone groups is 1. The largest absolute Gasteiger partial charge is 0.508 e. The molecule has 1 aromatic heterocycles. The number of nitrogens with zero attached hydrogens (tertiary/aromatic N) is 1. The van der Waals surface area contributed by atoms with Crippen molar-refractivity contribution in [1.29, 1.82) is 0 Å². The number of hydrogen-bond acceptors (Lipinski definition) is 4. The van der Waals surface area contributed by atoms with Crippen molar-refractivity contribution in [3.63, 3.8) is 0 Å². The zero-order chi connectivity index (χ0) is 13.2. The lowest BCUT2D eigenvalue weighted by Crippen LogP contribution is -2.05. The lowest BCUT2D eigenvalue weighted by molar-refractivity contribution is 0.475. The Morgan fingerprint density at radius 1 is 1.28 bits per heavy atom. The van der Waals surface area contributed by atoms with E-state index in [1.165, 1.54) is 30.5 Å². The Hall–Kier alpha value is -1.82. The lowest BCUT2D eigenvalue weighted by Gasteiger charge is -2.04. The van der Waals surface area contributed by atoms with Gasteiger partial charge in [-0.25, -0.2) is 8.42 Å². The maximum absolute atomic E-state index is 12.2. The van der Waals surface area contributed by atoms with Crippen LogP contribution < -0.4 is 0 Å². The molecular formula is C12H14N2O3S. The minimum absolute atomic E-state index is 0.0477. The van der Waals surface area contributed by atoms with E-state index in [9.17, 15) is 8.42 Å². The molecule has 0 unspecified atom stereocenters. The highest BCUT2D eigenvalue weighted by atomic mass is 32.2. The van der Waals surface area contributed by atoms with E-state index in [0.717, 1.165) is 5.69 Å². The second kappa shape index (κ2) is 4.81. The second-order valence-corrected chi connectivity index (χ2v) is 5.97. The molecule has 0 fully saturated rings. The van der Waals surface area contributed by atoms with E-state index < -0.39 is 9.84 Å². The third kappa shape index (κ3) is 2.53. The molecule has 0 aliphatic carbocycles. The van der Waals surface area contributed by atoms with Crippen LogP contribution in [0.1, 0.15) is 18.2 Å². The van der Waals surface area contributed by atoms with Gasteiger partial charge in [0.15, 0.2) is 9.84 Å². The minimum Gasteiger partial charge on any atom is -0.508 e. The first-order chi connectivity index (χ1) is 8.53. The summed E-state index contributed by atoms with van der Waals surface area (Å²) >= 11 is 0. The molecule has 0 amide bonds. The van der Waals surface area contributed by atoms with Gasteiger partial charge in [-0.2, -0.15) is 5.10 Å². The fourth-order valence-corrected chi connectivity index (χ4v) is 3.09. The molecule has 6 heteroatoms. The van der Waals surface area contributed by atoms with Gasteiger partial charge in [0.2, 0.25) is 0 Å². The molecule has 5 nitrogen and oxygen atoms in total. The standard InChI is InChI=1S/C12H14N2O3S/c1-2-12-9(7-13-14-12)8-18(16,17)11-5-3-10(15)4-6-11/h3-7,15H,2,8H2,1H3,(H,13,14). The number of benzene rings is 1. The van der Waals surface area contributed by atoms with E-state index in [-0.39, 0.29) is 16.4 Å². The Kier molecular flexibility index (Phi) is 3.38. The van der Waals surface area contributed by atoms with Crippen LogP contribution in [-0.2, 0) is 22.0 Å². The average molecular weight is 266 g/mol. The van der Waals surface area contributed by atoms with Crippen LogP contribution in [0.5, 0.6) is 5.75 Å². The smallest absolute Gasteiger partial charge is 0.182 e. The van der Waals surface area contributed by atoms with E-state index in [4.69, 9.17) is 5.11 Å². The van der Waals surface area contributed by atoms with E-state index in [0.29, 0.717) is 12.0 Å². The molecule has 1 heterocycles. The first-order valence-corrected chi connectivity index (χ1v) is 7.21. The molecule has 0 saturated heterocycles. The molecule has 18 heavy (non-hydrogen) atoms. The van der Waals surface area contributed by atoms with Crippen LogP contribution in [-0.4, -0.2) is 23.7 Å². The highest BCUT2D eigenvalue weighted by molar-refractivity contribution is 7.90. The number of phenolic OH excluding ortho intramolecular Hbond substituents is 1. The SMILES string of the molecule is CCc1[nH]ncc1CS(=O)(=O)c1ccc(O)cc1. The van der Waals surface area contributed by atoms with Gasteiger partial charge in [0, 0.05) is 11.3 Å². The topological polar surface area (TPSA) is 83.0 Å². The maximum atomic E-state index is 12.2. The zero-order valence-electron chi connectivity index (χ0n) is 9.92. The number of rotatable bonds is 4. The third-order valence-corrected chi connectivity index (χ3v) is 4.38. The molecule has 0 spiro atoms. The number of phenols is 1. The van der Waals surface area contributed by atoms with Crippen LogP contribution in [0, 0.1) is 0 Å². The fraction of sp³-hybridized carbons (Fsp3) is 0.250. The lowest BCUT2D eigenvalue weighted by atomic mass is 10.2. The summed E-state index contributed by atoms with van der Waals surface area (Å²) < 4.78 is 24.3. The van der Waals surface area contributed by atoms with Crippen molar-refractivity contribution in [1.82, 2.24) is 10.2 Å². The van der Waals surface area contributed by atoms with Crippen molar-refractivity contribution in [2.75, 3.05) is 0 Å². The molecule has 2 N–H and O–H groups in total. The Balaban J connectivity index is 2.30. The van der Waals surface area contributed by atoms with Crippen LogP contribution in [0.15, 0.2) is 35.4 Å². The maximum Gasteiger partial charge on any atom is 0.182 e. The fourth-order valence-electron chi connectivity index (χ4n) is 1.71. The van der Waals surface area contributed by atoms with Crippen molar-refractivity contribution >= 4 is 9.84 Å². The van der Waals surface area contributed by atoms with Gasteiger partial charge in [-0.3, -0.25) is 5.10 Å². The van der Waals surface area contributed by atoms with E-state index in [2.05, 4.69) is 10.2 Å². The van der Waals surface area contributed by atoms with E-state index >= 15 is 0 Å². The average Bonchev–Trinajstić information content (AvgIpc) is 2.76. The quantitative estimate of drug-likeness (QED) is 0.881. The van der Waals surface area contributed by atoms with Crippen LogP contribution in [0.3, 0.4) is 0 Å². The Labute approximate surface area is 105 Å². The van der Waals surface area contributed by atoms with Gasteiger partial charge in [0.1, 0.15) is 5.75 Å². The third-order valence-electron chi connectivity index (χ3n) is 2.70. The van der Waals surface area contributed by atoms with Crippen molar-refractivity contribution in [2.24, 2.45) is 0 Å². The number of nitrogens with one attached hydrogen (secondary N) is 1. The van der Waals surface area contributed by atoms with Gasteiger partial charge in [0.05, 0.1) is 16.8 Å².